The number of nitrogens with one attached hydrogen (secondary N) is 1. The minimum absolute atomic E-state index is 0.00922. The first kappa shape index (κ1) is 19.3. The maximum atomic E-state index is 12.5. The van der Waals surface area contributed by atoms with Crippen molar-refractivity contribution in [3.05, 3.63) is 76.5 Å². The lowest BCUT2D eigenvalue weighted by Crippen LogP contribution is -2.33. The topological polar surface area (TPSA) is 88.2 Å². The summed E-state index contributed by atoms with van der Waals surface area (Å²) in [6.45, 7) is 2.94. The van der Waals surface area contributed by atoms with Crippen LogP contribution in [0, 0.1) is 6.92 Å². The molecule has 0 saturated heterocycles. The standard InChI is InChI=1S/C21H22N4O3/c1-15-7-3-4-9-18(15)28-12-6-11-25(2)21(27)17-14-23-19(24-20(17)26)16-8-5-10-22-13-16/h3-5,7-10,13-14H,6,11-12H2,1-2H3,(H,23,24,26). The lowest BCUT2D eigenvalue weighted by molar-refractivity contribution is 0.0785. The number of nitrogens with zero attached hydrogens (tertiary/aromatic N) is 3. The molecule has 3 rings (SSSR count). The molecule has 0 bridgehead atoms. The number of rotatable bonds is 7. The summed E-state index contributed by atoms with van der Waals surface area (Å²) < 4.78 is 5.74. The van der Waals surface area contributed by atoms with Gasteiger partial charge in [-0.2, -0.15) is 0 Å². The summed E-state index contributed by atoms with van der Waals surface area (Å²) in [7, 11) is 1.66. The van der Waals surface area contributed by atoms with E-state index in [1.165, 1.54) is 11.1 Å². The minimum atomic E-state index is -0.470. The Bertz CT molecular complexity index is 1000. The summed E-state index contributed by atoms with van der Waals surface area (Å²) in [6.07, 6.45) is 5.19. The van der Waals surface area contributed by atoms with Crippen molar-refractivity contribution in [3.63, 3.8) is 0 Å². The molecule has 1 N–H and O–H groups in total. The van der Waals surface area contributed by atoms with E-state index in [2.05, 4.69) is 15.0 Å². The predicted octanol–water partition coefficient (Wildman–Crippen LogP) is 2.68. The van der Waals surface area contributed by atoms with Gasteiger partial charge in [-0.25, -0.2) is 4.98 Å². The van der Waals surface area contributed by atoms with Crippen LogP contribution in [0.3, 0.4) is 0 Å². The fourth-order valence-corrected chi connectivity index (χ4v) is 2.71. The van der Waals surface area contributed by atoms with Gasteiger partial charge in [-0.05, 0) is 37.1 Å². The third-order valence-electron chi connectivity index (χ3n) is 4.30. The van der Waals surface area contributed by atoms with E-state index in [9.17, 15) is 9.59 Å². The van der Waals surface area contributed by atoms with Gasteiger partial charge in [0, 0.05) is 37.7 Å². The number of carbonyl (C=O) groups excluding carboxylic acids is 1. The van der Waals surface area contributed by atoms with E-state index < -0.39 is 5.56 Å². The quantitative estimate of drug-likeness (QED) is 0.639. The predicted molar refractivity (Wildman–Crippen MR) is 106 cm³/mol. The molecule has 0 fully saturated rings. The summed E-state index contributed by atoms with van der Waals surface area (Å²) in [5.41, 5.74) is 1.29. The Hall–Kier alpha value is -3.48. The lowest BCUT2D eigenvalue weighted by Gasteiger charge is -2.17. The molecule has 0 saturated carbocycles. The minimum Gasteiger partial charge on any atom is -0.493 e. The molecule has 0 aliphatic carbocycles. The summed E-state index contributed by atoms with van der Waals surface area (Å²) in [5, 5.41) is 0. The molecule has 144 valence electrons. The molecule has 0 aliphatic rings. The molecule has 0 radical (unpaired) electrons. The number of pyridine rings is 1. The Morgan fingerprint density at radius 2 is 2.00 bits per heavy atom. The van der Waals surface area contributed by atoms with Crippen molar-refractivity contribution in [2.45, 2.75) is 13.3 Å². The molecule has 2 aromatic heterocycles. The average Bonchev–Trinajstić information content (AvgIpc) is 2.72. The molecular formula is C21H22N4O3. The van der Waals surface area contributed by atoms with E-state index in [1.807, 2.05) is 31.2 Å². The highest BCUT2D eigenvalue weighted by atomic mass is 16.5. The van der Waals surface area contributed by atoms with Crippen LogP contribution in [0.1, 0.15) is 22.3 Å². The van der Waals surface area contributed by atoms with Crippen LogP contribution in [0.15, 0.2) is 59.8 Å². The number of aromatic nitrogens is 3. The van der Waals surface area contributed by atoms with Gasteiger partial charge in [0.25, 0.3) is 11.5 Å². The van der Waals surface area contributed by atoms with Gasteiger partial charge in [-0.3, -0.25) is 14.6 Å². The zero-order valence-electron chi connectivity index (χ0n) is 15.9. The van der Waals surface area contributed by atoms with Gasteiger partial charge in [0.05, 0.1) is 6.61 Å². The maximum Gasteiger partial charge on any atom is 0.264 e. The third kappa shape index (κ3) is 4.62. The largest absolute Gasteiger partial charge is 0.493 e. The van der Waals surface area contributed by atoms with E-state index in [0.29, 0.717) is 31.0 Å². The molecule has 1 amide bonds. The molecular weight excluding hydrogens is 356 g/mol. The van der Waals surface area contributed by atoms with Gasteiger partial charge in [0.2, 0.25) is 0 Å². The molecule has 3 aromatic rings. The molecule has 28 heavy (non-hydrogen) atoms. The Morgan fingerprint density at radius 3 is 2.71 bits per heavy atom. The number of H-pyrrole nitrogens is 1. The Balaban J connectivity index is 1.57. The number of amides is 1. The number of aromatic amines is 1. The second kappa shape index (κ2) is 8.94. The highest BCUT2D eigenvalue weighted by molar-refractivity contribution is 5.93. The molecule has 7 heteroatoms. The third-order valence-corrected chi connectivity index (χ3v) is 4.30. The number of carbonyl (C=O) groups is 1. The Labute approximate surface area is 163 Å². The van der Waals surface area contributed by atoms with E-state index in [1.54, 1.807) is 31.6 Å². The number of ether oxygens (including phenoxy) is 1. The summed E-state index contributed by atoms with van der Waals surface area (Å²) in [5.74, 6) is 0.842. The van der Waals surface area contributed by atoms with Gasteiger partial charge in [-0.15, -0.1) is 0 Å². The number of benzene rings is 1. The summed E-state index contributed by atoms with van der Waals surface area (Å²) >= 11 is 0. The first-order chi connectivity index (χ1) is 13.6. The van der Waals surface area contributed by atoms with Crippen LogP contribution in [-0.4, -0.2) is 46.0 Å². The van der Waals surface area contributed by atoms with Crippen LogP contribution in [0.2, 0.25) is 0 Å². The van der Waals surface area contributed by atoms with Gasteiger partial charge in [-0.1, -0.05) is 18.2 Å². The first-order valence-corrected chi connectivity index (χ1v) is 9.00. The van der Waals surface area contributed by atoms with Gasteiger partial charge in [0.1, 0.15) is 17.1 Å². The van der Waals surface area contributed by atoms with Crippen molar-refractivity contribution in [1.82, 2.24) is 19.9 Å². The first-order valence-electron chi connectivity index (χ1n) is 9.00. The van der Waals surface area contributed by atoms with Crippen LogP contribution >= 0.6 is 0 Å². The van der Waals surface area contributed by atoms with Gasteiger partial charge in [0.15, 0.2) is 0 Å². The lowest BCUT2D eigenvalue weighted by atomic mass is 10.2. The van der Waals surface area contributed by atoms with Crippen molar-refractivity contribution in [2.75, 3.05) is 20.2 Å². The van der Waals surface area contributed by atoms with E-state index in [0.717, 1.165) is 11.3 Å². The molecule has 0 aliphatic heterocycles. The van der Waals surface area contributed by atoms with Crippen molar-refractivity contribution >= 4 is 5.91 Å². The fraction of sp³-hybridized carbons (Fsp3) is 0.238. The number of aryl methyl sites for hydroxylation is 1. The maximum absolute atomic E-state index is 12.5. The number of hydrogen-bond donors (Lipinski definition) is 1. The number of hydrogen-bond acceptors (Lipinski definition) is 5. The zero-order chi connectivity index (χ0) is 19.9. The number of para-hydroxylation sites is 1. The second-order valence-electron chi connectivity index (χ2n) is 6.41. The fourth-order valence-electron chi connectivity index (χ4n) is 2.71. The van der Waals surface area contributed by atoms with E-state index in [-0.39, 0.29) is 11.5 Å². The zero-order valence-corrected chi connectivity index (χ0v) is 15.9. The summed E-state index contributed by atoms with van der Waals surface area (Å²) in [4.78, 5) is 37.2. The smallest absolute Gasteiger partial charge is 0.264 e. The highest BCUT2D eigenvalue weighted by Crippen LogP contribution is 2.16. The molecule has 0 spiro atoms. The molecule has 0 atom stereocenters. The second-order valence-corrected chi connectivity index (χ2v) is 6.41. The average molecular weight is 378 g/mol. The molecule has 2 heterocycles. The highest BCUT2D eigenvalue weighted by Gasteiger charge is 2.16. The van der Waals surface area contributed by atoms with E-state index >= 15 is 0 Å². The van der Waals surface area contributed by atoms with Crippen molar-refractivity contribution in [2.24, 2.45) is 0 Å². The SMILES string of the molecule is Cc1ccccc1OCCCN(C)C(=O)c1cnc(-c2cccnc2)[nH]c1=O. The van der Waals surface area contributed by atoms with Crippen molar-refractivity contribution in [3.8, 4) is 17.1 Å². The van der Waals surface area contributed by atoms with Crippen molar-refractivity contribution in [1.29, 1.82) is 0 Å². The Kier molecular flexibility index (Phi) is 6.16. The molecule has 1 aromatic carbocycles. The summed E-state index contributed by atoms with van der Waals surface area (Å²) in [6, 6.07) is 11.3. The van der Waals surface area contributed by atoms with Crippen LogP contribution in [-0.2, 0) is 0 Å². The molecule has 7 nitrogen and oxygen atoms in total. The van der Waals surface area contributed by atoms with Crippen molar-refractivity contribution < 1.29 is 9.53 Å². The van der Waals surface area contributed by atoms with Crippen LogP contribution in [0.25, 0.3) is 11.4 Å². The normalized spacial score (nSPS) is 10.5. The monoisotopic (exact) mass is 378 g/mol. The van der Waals surface area contributed by atoms with Crippen LogP contribution in [0.5, 0.6) is 5.75 Å². The van der Waals surface area contributed by atoms with Gasteiger partial charge >= 0.3 is 0 Å². The van der Waals surface area contributed by atoms with Crippen LogP contribution in [0.4, 0.5) is 0 Å². The van der Waals surface area contributed by atoms with Gasteiger partial charge < -0.3 is 14.6 Å². The molecule has 0 unspecified atom stereocenters. The Morgan fingerprint density at radius 1 is 1.18 bits per heavy atom. The van der Waals surface area contributed by atoms with E-state index in [4.69, 9.17) is 4.74 Å². The van der Waals surface area contributed by atoms with Crippen LogP contribution < -0.4 is 10.3 Å².